The van der Waals surface area contributed by atoms with Gasteiger partial charge in [-0.1, -0.05) is 11.8 Å². The van der Waals surface area contributed by atoms with Gasteiger partial charge in [0.25, 0.3) is 0 Å². The fraction of sp³-hybridized carbons (Fsp3) is 0.353. The molecule has 0 unspecified atom stereocenters. The van der Waals surface area contributed by atoms with E-state index in [-0.39, 0.29) is 17.2 Å². The third-order valence-electron chi connectivity index (χ3n) is 2.96. The zero-order valence-corrected chi connectivity index (χ0v) is 14.5. The normalized spacial score (nSPS) is 11.1. The molecule has 6 heteroatoms. The zero-order valence-electron chi connectivity index (χ0n) is 13.6. The number of amides is 1. The Morgan fingerprint density at radius 1 is 1.39 bits per heavy atom. The van der Waals surface area contributed by atoms with E-state index in [2.05, 4.69) is 16.4 Å². The molecule has 0 radical (unpaired) electrons. The monoisotopic (exact) mass is 329 g/mol. The maximum atomic E-state index is 11.9. The molecule has 0 atom stereocenters. The van der Waals surface area contributed by atoms with Crippen LogP contribution in [-0.2, 0) is 4.79 Å². The first kappa shape index (κ1) is 17.1. The summed E-state index contributed by atoms with van der Waals surface area (Å²) >= 11 is 1.27. The highest BCUT2D eigenvalue weighted by Gasteiger charge is 2.15. The molecule has 23 heavy (non-hydrogen) atoms. The number of benzene rings is 1. The molecule has 0 aliphatic heterocycles. The second-order valence-corrected chi connectivity index (χ2v) is 7.06. The fourth-order valence-electron chi connectivity index (χ4n) is 2.04. The lowest BCUT2D eigenvalue weighted by Gasteiger charge is -2.20. The third-order valence-corrected chi connectivity index (χ3v) is 3.95. The first-order valence-corrected chi connectivity index (χ1v) is 8.13. The molecule has 1 amide bonds. The van der Waals surface area contributed by atoms with Crippen LogP contribution >= 0.6 is 11.8 Å². The fourth-order valence-corrected chi connectivity index (χ4v) is 2.81. The van der Waals surface area contributed by atoms with Crippen LogP contribution in [0.1, 0.15) is 26.3 Å². The first-order valence-electron chi connectivity index (χ1n) is 7.15. The number of hydrogen-bond donors (Lipinski definition) is 1. The summed E-state index contributed by atoms with van der Waals surface area (Å²) in [6.07, 6.45) is 0. The Balaban J connectivity index is 2.23. The van der Waals surface area contributed by atoms with Crippen LogP contribution in [0.4, 0.5) is 0 Å². The van der Waals surface area contributed by atoms with Gasteiger partial charge in [0.05, 0.1) is 23.9 Å². The summed E-state index contributed by atoms with van der Waals surface area (Å²) in [5, 5.41) is 13.6. The van der Waals surface area contributed by atoms with Crippen LogP contribution in [-0.4, -0.2) is 29.3 Å². The van der Waals surface area contributed by atoms with Gasteiger partial charge in [-0.15, -0.1) is 0 Å². The van der Waals surface area contributed by atoms with E-state index in [1.807, 2.05) is 39.0 Å². The molecule has 1 aromatic heterocycles. The Labute approximate surface area is 140 Å². The predicted molar refractivity (Wildman–Crippen MR) is 91.6 cm³/mol. The highest BCUT2D eigenvalue weighted by Crippen LogP contribution is 2.26. The number of carbonyl (C=O) groups is 1. The first-order chi connectivity index (χ1) is 10.8. The van der Waals surface area contributed by atoms with E-state index in [1.165, 1.54) is 11.8 Å². The van der Waals surface area contributed by atoms with Crippen molar-refractivity contribution in [2.45, 2.75) is 31.3 Å². The Kier molecular flexibility index (Phi) is 5.12. The Bertz CT molecular complexity index is 776. The molecule has 1 aromatic carbocycles. The van der Waals surface area contributed by atoms with Crippen LogP contribution in [0.2, 0.25) is 0 Å². The number of thioether (sulfide) groups is 1. The summed E-state index contributed by atoms with van der Waals surface area (Å²) in [5.41, 5.74) is 0.950. The van der Waals surface area contributed by atoms with E-state index >= 15 is 0 Å². The lowest BCUT2D eigenvalue weighted by atomic mass is 10.1. The standard InChI is InChI=1S/C17H19N3O2S/c1-17(2,3)20-15(21)10-23-16-12(9-18)7-11-8-13(22-4)5-6-14(11)19-16/h5-8H,10H2,1-4H3,(H,20,21). The van der Waals surface area contributed by atoms with E-state index in [4.69, 9.17) is 4.74 Å². The molecule has 0 fully saturated rings. The average Bonchev–Trinajstić information content (AvgIpc) is 2.49. The molecule has 0 bridgehead atoms. The number of methoxy groups -OCH3 is 1. The van der Waals surface area contributed by atoms with Gasteiger partial charge < -0.3 is 10.1 Å². The van der Waals surface area contributed by atoms with Gasteiger partial charge in [-0.05, 0) is 45.0 Å². The van der Waals surface area contributed by atoms with Gasteiger partial charge in [0.2, 0.25) is 5.91 Å². The number of ether oxygens (including phenoxy) is 1. The van der Waals surface area contributed by atoms with Gasteiger partial charge in [-0.2, -0.15) is 5.26 Å². The smallest absolute Gasteiger partial charge is 0.230 e. The van der Waals surface area contributed by atoms with Crippen LogP contribution in [0.5, 0.6) is 5.75 Å². The van der Waals surface area contributed by atoms with Gasteiger partial charge in [-0.3, -0.25) is 4.79 Å². The summed E-state index contributed by atoms with van der Waals surface area (Å²) in [5.74, 6) is 0.858. The Morgan fingerprint density at radius 2 is 2.13 bits per heavy atom. The minimum absolute atomic E-state index is 0.0805. The van der Waals surface area contributed by atoms with E-state index in [0.29, 0.717) is 16.3 Å². The van der Waals surface area contributed by atoms with E-state index in [0.717, 1.165) is 10.9 Å². The number of nitriles is 1. The van der Waals surface area contributed by atoms with Crippen molar-refractivity contribution in [3.63, 3.8) is 0 Å². The van der Waals surface area contributed by atoms with Crippen molar-refractivity contribution in [3.05, 3.63) is 29.8 Å². The number of rotatable bonds is 4. The number of hydrogen-bond acceptors (Lipinski definition) is 5. The summed E-state index contributed by atoms with van der Waals surface area (Å²) in [4.78, 5) is 16.4. The molecule has 120 valence electrons. The lowest BCUT2D eigenvalue weighted by molar-refractivity contribution is -0.119. The average molecular weight is 329 g/mol. The number of aromatic nitrogens is 1. The minimum Gasteiger partial charge on any atom is -0.497 e. The molecule has 2 aromatic rings. The number of nitrogens with one attached hydrogen (secondary N) is 1. The Morgan fingerprint density at radius 3 is 2.74 bits per heavy atom. The largest absolute Gasteiger partial charge is 0.497 e. The van der Waals surface area contributed by atoms with E-state index in [9.17, 15) is 10.1 Å². The lowest BCUT2D eigenvalue weighted by Crippen LogP contribution is -2.41. The number of carbonyl (C=O) groups excluding carboxylic acids is 1. The van der Waals surface area contributed by atoms with Crippen LogP contribution in [0, 0.1) is 11.3 Å². The number of pyridine rings is 1. The molecule has 0 aliphatic rings. The van der Waals surface area contributed by atoms with Crippen molar-refractivity contribution in [2.75, 3.05) is 12.9 Å². The van der Waals surface area contributed by atoms with E-state index in [1.54, 1.807) is 13.2 Å². The summed E-state index contributed by atoms with van der Waals surface area (Å²) in [6.45, 7) is 5.79. The molecule has 0 saturated carbocycles. The number of fused-ring (bicyclic) bond motifs is 1. The molecular formula is C17H19N3O2S. The van der Waals surface area contributed by atoms with Crippen molar-refractivity contribution in [1.29, 1.82) is 5.26 Å². The highest BCUT2D eigenvalue weighted by atomic mass is 32.2. The molecule has 1 heterocycles. The van der Waals surface area contributed by atoms with Gasteiger partial charge in [-0.25, -0.2) is 4.98 Å². The third kappa shape index (κ3) is 4.60. The highest BCUT2D eigenvalue weighted by molar-refractivity contribution is 8.00. The Hall–Kier alpha value is -2.26. The van der Waals surface area contributed by atoms with Crippen molar-refractivity contribution < 1.29 is 9.53 Å². The van der Waals surface area contributed by atoms with E-state index < -0.39 is 0 Å². The van der Waals surface area contributed by atoms with Crippen molar-refractivity contribution >= 4 is 28.6 Å². The summed E-state index contributed by atoms with van der Waals surface area (Å²) < 4.78 is 5.18. The topological polar surface area (TPSA) is 75.0 Å². The van der Waals surface area contributed by atoms with Gasteiger partial charge in [0.1, 0.15) is 16.8 Å². The van der Waals surface area contributed by atoms with Crippen LogP contribution in [0.25, 0.3) is 10.9 Å². The minimum atomic E-state index is -0.275. The maximum Gasteiger partial charge on any atom is 0.230 e. The van der Waals surface area contributed by atoms with Gasteiger partial charge in [0, 0.05) is 10.9 Å². The molecular weight excluding hydrogens is 310 g/mol. The molecule has 1 N–H and O–H groups in total. The van der Waals surface area contributed by atoms with Crippen LogP contribution < -0.4 is 10.1 Å². The number of nitrogens with zero attached hydrogens (tertiary/aromatic N) is 2. The second kappa shape index (κ2) is 6.88. The zero-order chi connectivity index (χ0) is 17.0. The summed E-state index contributed by atoms with van der Waals surface area (Å²) in [6, 6.07) is 9.41. The van der Waals surface area contributed by atoms with Crippen LogP contribution in [0.15, 0.2) is 29.3 Å². The molecule has 5 nitrogen and oxygen atoms in total. The van der Waals surface area contributed by atoms with Gasteiger partial charge >= 0.3 is 0 Å². The SMILES string of the molecule is COc1ccc2nc(SCC(=O)NC(C)(C)C)c(C#N)cc2c1. The van der Waals surface area contributed by atoms with Crippen molar-refractivity contribution in [3.8, 4) is 11.8 Å². The predicted octanol–water partition coefficient (Wildman–Crippen LogP) is 3.12. The molecule has 0 aliphatic carbocycles. The van der Waals surface area contributed by atoms with Crippen molar-refractivity contribution in [1.82, 2.24) is 10.3 Å². The molecule has 0 spiro atoms. The van der Waals surface area contributed by atoms with Crippen molar-refractivity contribution in [2.24, 2.45) is 0 Å². The molecule has 0 saturated heterocycles. The molecule has 2 rings (SSSR count). The van der Waals surface area contributed by atoms with Crippen LogP contribution in [0.3, 0.4) is 0 Å². The van der Waals surface area contributed by atoms with Gasteiger partial charge in [0.15, 0.2) is 0 Å². The summed E-state index contributed by atoms with van der Waals surface area (Å²) in [7, 11) is 1.60. The maximum absolute atomic E-state index is 11.9. The second-order valence-electron chi connectivity index (χ2n) is 6.10. The quantitative estimate of drug-likeness (QED) is 0.872.